The smallest absolute Gasteiger partial charge is 0.325 e. The van der Waals surface area contributed by atoms with E-state index in [1.54, 1.807) is 20.2 Å². The first-order valence-corrected chi connectivity index (χ1v) is 7.93. The summed E-state index contributed by atoms with van der Waals surface area (Å²) in [7, 11) is 0. The van der Waals surface area contributed by atoms with Gasteiger partial charge in [0.05, 0.1) is 36.6 Å². The maximum absolute atomic E-state index is 12.2. The van der Waals surface area contributed by atoms with Crippen LogP contribution in [0.4, 0.5) is 4.79 Å². The van der Waals surface area contributed by atoms with Crippen LogP contribution in [0.5, 0.6) is 0 Å². The van der Waals surface area contributed by atoms with Gasteiger partial charge in [-0.1, -0.05) is 0 Å². The summed E-state index contributed by atoms with van der Waals surface area (Å²) in [6, 6.07) is 3.57. The summed E-state index contributed by atoms with van der Waals surface area (Å²) in [6.07, 6.45) is 0.801. The van der Waals surface area contributed by atoms with Crippen LogP contribution < -0.4 is 5.32 Å². The number of nitrogens with zero attached hydrogens (tertiary/aromatic N) is 3. The van der Waals surface area contributed by atoms with Crippen molar-refractivity contribution in [3.8, 4) is 0 Å². The number of benzene rings is 1. The molecule has 128 valence electrons. The van der Waals surface area contributed by atoms with Crippen molar-refractivity contribution in [2.45, 2.75) is 45.9 Å². The molecule has 1 unspecified atom stereocenters. The third-order valence-corrected chi connectivity index (χ3v) is 4.48. The molecule has 1 aliphatic heterocycles. The van der Waals surface area contributed by atoms with Crippen LogP contribution >= 0.6 is 0 Å². The predicted molar refractivity (Wildman–Crippen MR) is 89.5 cm³/mol. The second-order valence-electron chi connectivity index (χ2n) is 6.95. The van der Waals surface area contributed by atoms with E-state index in [1.165, 1.54) is 0 Å². The zero-order chi connectivity index (χ0) is 17.6. The van der Waals surface area contributed by atoms with Crippen LogP contribution in [-0.2, 0) is 11.3 Å². The number of aromatic nitrogens is 2. The number of amides is 3. The monoisotopic (exact) mass is 330 g/mol. The Kier molecular flexibility index (Phi) is 3.83. The minimum atomic E-state index is -0.923. The molecule has 0 radical (unpaired) electrons. The van der Waals surface area contributed by atoms with E-state index in [9.17, 15) is 14.7 Å². The number of aryl methyl sites for hydroxylation is 2. The topological polar surface area (TPSA) is 87.5 Å². The molecular formula is C17H22N4O3. The Bertz CT molecular complexity index is 825. The summed E-state index contributed by atoms with van der Waals surface area (Å²) in [4.78, 5) is 29.5. The van der Waals surface area contributed by atoms with Crippen molar-refractivity contribution in [1.29, 1.82) is 0 Å². The first kappa shape index (κ1) is 16.4. The maximum atomic E-state index is 12.2. The van der Waals surface area contributed by atoms with Crippen LogP contribution in [0, 0.1) is 13.8 Å². The van der Waals surface area contributed by atoms with Gasteiger partial charge in [0.2, 0.25) is 0 Å². The number of fused-ring (bicyclic) bond motifs is 1. The van der Waals surface area contributed by atoms with Gasteiger partial charge >= 0.3 is 6.03 Å². The van der Waals surface area contributed by atoms with E-state index in [0.717, 1.165) is 27.1 Å². The Morgan fingerprint density at radius 1 is 1.21 bits per heavy atom. The second-order valence-corrected chi connectivity index (χ2v) is 6.95. The summed E-state index contributed by atoms with van der Waals surface area (Å²) in [5, 5.41) is 13.0. The molecule has 24 heavy (non-hydrogen) atoms. The van der Waals surface area contributed by atoms with E-state index >= 15 is 0 Å². The number of nitrogens with one attached hydrogen (secondary N) is 1. The van der Waals surface area contributed by atoms with Gasteiger partial charge in [0.1, 0.15) is 5.54 Å². The van der Waals surface area contributed by atoms with Crippen LogP contribution in [-0.4, -0.2) is 49.7 Å². The van der Waals surface area contributed by atoms with E-state index in [1.807, 2.05) is 30.5 Å². The van der Waals surface area contributed by atoms with Gasteiger partial charge in [-0.05, 0) is 51.0 Å². The van der Waals surface area contributed by atoms with E-state index in [2.05, 4.69) is 10.3 Å². The fraction of sp³-hybridized carbons (Fsp3) is 0.471. The van der Waals surface area contributed by atoms with E-state index in [0.29, 0.717) is 0 Å². The maximum Gasteiger partial charge on any atom is 0.325 e. The lowest BCUT2D eigenvalue weighted by molar-refractivity contribution is -0.131. The van der Waals surface area contributed by atoms with Gasteiger partial charge in [-0.3, -0.25) is 9.69 Å². The fourth-order valence-electron chi connectivity index (χ4n) is 2.94. The number of urea groups is 1. The van der Waals surface area contributed by atoms with E-state index < -0.39 is 17.7 Å². The summed E-state index contributed by atoms with van der Waals surface area (Å²) >= 11 is 0. The number of imidazole rings is 1. The molecule has 7 heteroatoms. The van der Waals surface area contributed by atoms with Gasteiger partial charge in [-0.2, -0.15) is 0 Å². The number of aliphatic hydroxyl groups excluding tert-OH is 1. The summed E-state index contributed by atoms with van der Waals surface area (Å²) in [5.74, 6) is -0.325. The normalized spacial score (nSPS) is 18.3. The third-order valence-electron chi connectivity index (χ3n) is 4.48. The van der Waals surface area contributed by atoms with Crippen LogP contribution in [0.15, 0.2) is 18.5 Å². The first-order chi connectivity index (χ1) is 11.2. The van der Waals surface area contributed by atoms with Crippen LogP contribution in [0.2, 0.25) is 0 Å². The van der Waals surface area contributed by atoms with Crippen molar-refractivity contribution in [2.75, 3.05) is 6.54 Å². The van der Waals surface area contributed by atoms with Crippen molar-refractivity contribution in [3.05, 3.63) is 29.6 Å². The fourth-order valence-corrected chi connectivity index (χ4v) is 2.94. The Morgan fingerprint density at radius 2 is 1.88 bits per heavy atom. The number of hydrogen-bond acceptors (Lipinski definition) is 4. The second kappa shape index (κ2) is 5.59. The lowest BCUT2D eigenvalue weighted by Gasteiger charge is -2.19. The van der Waals surface area contributed by atoms with Crippen LogP contribution in [0.3, 0.4) is 0 Å². The molecule has 7 nitrogen and oxygen atoms in total. The number of β-amino-alcohol motifs (C(OH)–C–C–N with tert-alkyl or cyclic N) is 1. The number of carbonyl (C=O) groups is 2. The molecule has 1 atom stereocenters. The molecule has 1 aromatic carbocycles. The predicted octanol–water partition coefficient (Wildman–Crippen LogP) is 1.34. The number of aliphatic hydroxyl groups is 1. The van der Waals surface area contributed by atoms with Crippen molar-refractivity contribution in [1.82, 2.24) is 19.8 Å². The number of hydrogen-bond donors (Lipinski definition) is 2. The number of carbonyl (C=O) groups excluding carboxylic acids is 2. The molecule has 1 saturated heterocycles. The molecule has 0 saturated carbocycles. The molecule has 2 heterocycles. The standard InChI is InChI=1S/C17H22N4O3/c1-10-5-13-14(6-11(10)2)20(9-18-13)7-12(22)8-21-15(23)17(3,4)19-16(21)24/h5-6,9,12,22H,7-8H2,1-4H3,(H,19,24). The van der Waals surface area contributed by atoms with Crippen LogP contribution in [0.25, 0.3) is 11.0 Å². The highest BCUT2D eigenvalue weighted by atomic mass is 16.3. The average molecular weight is 330 g/mol. The van der Waals surface area contributed by atoms with Gasteiger partial charge < -0.3 is 15.0 Å². The van der Waals surface area contributed by atoms with Gasteiger partial charge in [0.25, 0.3) is 5.91 Å². The Balaban J connectivity index is 1.76. The molecule has 3 amide bonds. The lowest BCUT2D eigenvalue weighted by Crippen LogP contribution is -2.42. The first-order valence-electron chi connectivity index (χ1n) is 7.93. The largest absolute Gasteiger partial charge is 0.389 e. The third kappa shape index (κ3) is 2.75. The minimum Gasteiger partial charge on any atom is -0.389 e. The summed E-state index contributed by atoms with van der Waals surface area (Å²) in [6.45, 7) is 7.57. The van der Waals surface area contributed by atoms with Crippen molar-refractivity contribution >= 4 is 23.0 Å². The van der Waals surface area contributed by atoms with E-state index in [4.69, 9.17) is 0 Å². The van der Waals surface area contributed by atoms with Crippen LogP contribution in [0.1, 0.15) is 25.0 Å². The molecule has 1 aromatic heterocycles. The van der Waals surface area contributed by atoms with E-state index in [-0.39, 0.29) is 19.0 Å². The zero-order valence-corrected chi connectivity index (χ0v) is 14.3. The Labute approximate surface area is 140 Å². The molecule has 0 bridgehead atoms. The minimum absolute atomic E-state index is 0.0430. The molecule has 1 fully saturated rings. The van der Waals surface area contributed by atoms with Crippen molar-refractivity contribution in [3.63, 3.8) is 0 Å². The summed E-state index contributed by atoms with van der Waals surface area (Å²) < 4.78 is 1.84. The molecule has 3 rings (SSSR count). The van der Waals surface area contributed by atoms with Gasteiger partial charge in [-0.15, -0.1) is 0 Å². The highest BCUT2D eigenvalue weighted by Crippen LogP contribution is 2.20. The highest BCUT2D eigenvalue weighted by molar-refractivity contribution is 6.06. The molecule has 2 aromatic rings. The number of rotatable bonds is 4. The average Bonchev–Trinajstić information content (AvgIpc) is 2.93. The van der Waals surface area contributed by atoms with Gasteiger partial charge in [-0.25, -0.2) is 9.78 Å². The molecule has 0 aliphatic carbocycles. The van der Waals surface area contributed by atoms with Crippen molar-refractivity contribution in [2.24, 2.45) is 0 Å². The van der Waals surface area contributed by atoms with Gasteiger partial charge in [0, 0.05) is 0 Å². The lowest BCUT2D eigenvalue weighted by atomic mass is 10.1. The van der Waals surface area contributed by atoms with Crippen molar-refractivity contribution < 1.29 is 14.7 Å². The molecule has 1 aliphatic rings. The summed E-state index contributed by atoms with van der Waals surface area (Å²) in [5.41, 5.74) is 3.17. The quantitative estimate of drug-likeness (QED) is 0.828. The number of imide groups is 1. The molecule has 0 spiro atoms. The molecule has 2 N–H and O–H groups in total. The SMILES string of the molecule is Cc1cc2ncn(CC(O)CN3C(=O)NC(C)(C)C3=O)c2cc1C. The Morgan fingerprint density at radius 3 is 2.50 bits per heavy atom. The highest BCUT2D eigenvalue weighted by Gasteiger charge is 2.44. The zero-order valence-electron chi connectivity index (χ0n) is 14.3. The van der Waals surface area contributed by atoms with Gasteiger partial charge in [0.15, 0.2) is 0 Å². The Hall–Kier alpha value is -2.41. The molecular weight excluding hydrogens is 308 g/mol.